The molecule has 0 aliphatic carbocycles. The first-order chi connectivity index (χ1) is 10.6. The first-order valence-electron chi connectivity index (χ1n) is 5.92. The smallest absolute Gasteiger partial charge is 0.284 e. The van der Waals surface area contributed by atoms with Crippen LogP contribution in [0, 0.1) is 10.1 Å². The summed E-state index contributed by atoms with van der Waals surface area (Å²) in [5.41, 5.74) is -0.0399. The van der Waals surface area contributed by atoms with Gasteiger partial charge in [-0.2, -0.15) is 0 Å². The van der Waals surface area contributed by atoms with E-state index in [2.05, 4.69) is 26.1 Å². The summed E-state index contributed by atoms with van der Waals surface area (Å²) >= 11 is 4.27. The molecule has 3 rings (SSSR count). The molecular weight excluding hydrogens is 374 g/mol. The Morgan fingerprint density at radius 2 is 2.18 bits per heavy atom. The van der Waals surface area contributed by atoms with E-state index < -0.39 is 4.92 Å². The average Bonchev–Trinajstić information content (AvgIpc) is 3.11. The Balaban J connectivity index is 1.96. The molecule has 0 aliphatic heterocycles. The van der Waals surface area contributed by atoms with Gasteiger partial charge in [0.15, 0.2) is 5.76 Å². The normalized spacial score (nSPS) is 10.8. The highest BCUT2D eigenvalue weighted by molar-refractivity contribution is 9.10. The molecule has 0 saturated carbocycles. The summed E-state index contributed by atoms with van der Waals surface area (Å²) in [6.07, 6.45) is 1.50. The Morgan fingerprint density at radius 1 is 1.36 bits per heavy atom. The molecule has 2 aromatic heterocycles. The van der Waals surface area contributed by atoms with Gasteiger partial charge in [-0.1, -0.05) is 15.9 Å². The molecule has 22 heavy (non-hydrogen) atoms. The number of nitrogens with two attached hydrogens (primary N) is 1. The SMILES string of the molecule is Nn1c(Sc2ccc(Br)cc2[N+](=O)[O-])nnc1-c1ccco1. The Kier molecular flexibility index (Phi) is 3.86. The summed E-state index contributed by atoms with van der Waals surface area (Å²) < 4.78 is 7.07. The standard InChI is InChI=1S/C12H8BrN5O3S/c13-7-3-4-10(8(6-7)18(19)20)22-12-16-15-11(17(12)14)9-2-1-5-21-9/h1-6H,14H2. The minimum atomic E-state index is -0.461. The van der Waals surface area contributed by atoms with E-state index in [0.29, 0.717) is 26.1 Å². The third-order valence-electron chi connectivity index (χ3n) is 2.73. The van der Waals surface area contributed by atoms with Crippen LogP contribution in [0.5, 0.6) is 0 Å². The Bertz CT molecular complexity index is 833. The molecule has 0 radical (unpaired) electrons. The Labute approximate surface area is 136 Å². The van der Waals surface area contributed by atoms with Crippen LogP contribution in [0.4, 0.5) is 5.69 Å². The predicted molar refractivity (Wildman–Crippen MR) is 82.8 cm³/mol. The van der Waals surface area contributed by atoms with E-state index in [1.165, 1.54) is 17.0 Å². The summed E-state index contributed by atoms with van der Waals surface area (Å²) in [4.78, 5) is 11.1. The maximum atomic E-state index is 11.1. The van der Waals surface area contributed by atoms with Crippen molar-refractivity contribution < 1.29 is 9.34 Å². The predicted octanol–water partition coefficient (Wildman–Crippen LogP) is 3.07. The van der Waals surface area contributed by atoms with Crippen LogP contribution in [-0.4, -0.2) is 19.8 Å². The third-order valence-corrected chi connectivity index (χ3v) is 4.24. The fourth-order valence-corrected chi connectivity index (χ4v) is 2.92. The lowest BCUT2D eigenvalue weighted by atomic mass is 10.3. The molecule has 112 valence electrons. The molecule has 10 heteroatoms. The minimum Gasteiger partial charge on any atom is -0.461 e. The highest BCUT2D eigenvalue weighted by Gasteiger charge is 2.20. The van der Waals surface area contributed by atoms with Crippen LogP contribution in [0.1, 0.15) is 0 Å². The molecule has 8 nitrogen and oxygen atoms in total. The van der Waals surface area contributed by atoms with Crippen molar-refractivity contribution in [3.05, 3.63) is 51.2 Å². The first-order valence-corrected chi connectivity index (χ1v) is 7.53. The number of hydrogen-bond donors (Lipinski definition) is 1. The van der Waals surface area contributed by atoms with Crippen molar-refractivity contribution in [3.63, 3.8) is 0 Å². The second kappa shape index (κ2) is 5.81. The Hall–Kier alpha value is -2.33. The van der Waals surface area contributed by atoms with E-state index in [1.807, 2.05) is 0 Å². The molecule has 0 fully saturated rings. The van der Waals surface area contributed by atoms with Gasteiger partial charge in [-0.05, 0) is 36.0 Å². The van der Waals surface area contributed by atoms with Crippen LogP contribution in [0.3, 0.4) is 0 Å². The molecule has 0 spiro atoms. The van der Waals surface area contributed by atoms with Crippen LogP contribution in [-0.2, 0) is 0 Å². The van der Waals surface area contributed by atoms with Crippen LogP contribution in [0.15, 0.2) is 55.5 Å². The number of furan rings is 1. The fourth-order valence-electron chi connectivity index (χ4n) is 1.74. The number of hydrogen-bond acceptors (Lipinski definition) is 7. The molecular formula is C12H8BrN5O3S. The van der Waals surface area contributed by atoms with Gasteiger partial charge in [0.25, 0.3) is 5.69 Å². The zero-order chi connectivity index (χ0) is 15.7. The molecule has 0 amide bonds. The van der Waals surface area contributed by atoms with Gasteiger partial charge < -0.3 is 10.3 Å². The minimum absolute atomic E-state index is 0.0399. The number of nitro groups is 1. The summed E-state index contributed by atoms with van der Waals surface area (Å²) in [5, 5.41) is 19.3. The number of rotatable bonds is 4. The van der Waals surface area contributed by atoms with Crippen molar-refractivity contribution in [1.29, 1.82) is 0 Å². The second-order valence-corrected chi connectivity index (χ2v) is 6.05. The zero-order valence-electron chi connectivity index (χ0n) is 10.8. The fraction of sp³-hybridized carbons (Fsp3) is 0. The first kappa shape index (κ1) is 14.6. The van der Waals surface area contributed by atoms with Crippen LogP contribution in [0.2, 0.25) is 0 Å². The monoisotopic (exact) mass is 381 g/mol. The van der Waals surface area contributed by atoms with Crippen LogP contribution >= 0.6 is 27.7 Å². The largest absolute Gasteiger partial charge is 0.461 e. The number of benzene rings is 1. The molecule has 2 heterocycles. The molecule has 0 atom stereocenters. The van der Waals surface area contributed by atoms with Crippen molar-refractivity contribution >= 4 is 33.4 Å². The van der Waals surface area contributed by atoms with E-state index in [4.69, 9.17) is 10.3 Å². The molecule has 0 unspecified atom stereocenters. The summed E-state index contributed by atoms with van der Waals surface area (Å²) in [5.74, 6) is 6.74. The highest BCUT2D eigenvalue weighted by Crippen LogP contribution is 2.36. The van der Waals surface area contributed by atoms with Crippen LogP contribution < -0.4 is 5.84 Å². The van der Waals surface area contributed by atoms with Crippen molar-refractivity contribution in [2.24, 2.45) is 0 Å². The Morgan fingerprint density at radius 3 is 2.86 bits per heavy atom. The zero-order valence-corrected chi connectivity index (χ0v) is 13.2. The number of nitro benzene ring substituents is 1. The van der Waals surface area contributed by atoms with Gasteiger partial charge in [-0.25, -0.2) is 4.68 Å². The molecule has 0 bridgehead atoms. The number of halogens is 1. The van der Waals surface area contributed by atoms with Gasteiger partial charge in [0.2, 0.25) is 11.0 Å². The average molecular weight is 382 g/mol. The quantitative estimate of drug-likeness (QED) is 0.419. The summed E-state index contributed by atoms with van der Waals surface area (Å²) in [7, 11) is 0. The van der Waals surface area contributed by atoms with Crippen molar-refractivity contribution in [3.8, 4) is 11.6 Å². The highest BCUT2D eigenvalue weighted by atomic mass is 79.9. The molecule has 2 N–H and O–H groups in total. The topological polar surface area (TPSA) is 113 Å². The lowest BCUT2D eigenvalue weighted by molar-refractivity contribution is -0.387. The van der Waals surface area contributed by atoms with E-state index in [1.54, 1.807) is 24.3 Å². The van der Waals surface area contributed by atoms with Gasteiger partial charge in [-0.15, -0.1) is 10.2 Å². The molecule has 1 aromatic carbocycles. The third kappa shape index (κ3) is 2.70. The summed E-state index contributed by atoms with van der Waals surface area (Å²) in [6, 6.07) is 8.15. The van der Waals surface area contributed by atoms with Crippen molar-refractivity contribution in [1.82, 2.24) is 14.9 Å². The lowest BCUT2D eigenvalue weighted by Gasteiger charge is -2.03. The number of nitrogens with zero attached hydrogens (tertiary/aromatic N) is 4. The van der Waals surface area contributed by atoms with Crippen LogP contribution in [0.25, 0.3) is 11.6 Å². The second-order valence-electron chi connectivity index (χ2n) is 4.12. The maximum Gasteiger partial charge on any atom is 0.284 e. The van der Waals surface area contributed by atoms with E-state index in [-0.39, 0.29) is 5.69 Å². The van der Waals surface area contributed by atoms with Crippen molar-refractivity contribution in [2.75, 3.05) is 5.84 Å². The van der Waals surface area contributed by atoms with Gasteiger partial charge >= 0.3 is 0 Å². The summed E-state index contributed by atoms with van der Waals surface area (Å²) in [6.45, 7) is 0. The molecule has 3 aromatic rings. The van der Waals surface area contributed by atoms with Gasteiger partial charge in [0.1, 0.15) is 0 Å². The number of aromatic nitrogens is 3. The van der Waals surface area contributed by atoms with Crippen molar-refractivity contribution in [2.45, 2.75) is 10.1 Å². The molecule has 0 aliphatic rings. The van der Waals surface area contributed by atoms with E-state index >= 15 is 0 Å². The van der Waals surface area contributed by atoms with E-state index in [9.17, 15) is 10.1 Å². The van der Waals surface area contributed by atoms with Gasteiger partial charge in [0.05, 0.1) is 16.1 Å². The van der Waals surface area contributed by atoms with Gasteiger partial charge in [0, 0.05) is 10.5 Å². The molecule has 0 saturated heterocycles. The number of nitrogen functional groups attached to an aromatic ring is 1. The maximum absolute atomic E-state index is 11.1. The van der Waals surface area contributed by atoms with Gasteiger partial charge in [-0.3, -0.25) is 10.1 Å². The lowest BCUT2D eigenvalue weighted by Crippen LogP contribution is -2.11. The van der Waals surface area contributed by atoms with E-state index in [0.717, 1.165) is 11.8 Å².